The van der Waals surface area contributed by atoms with Crippen LogP contribution in [0, 0.1) is 25.2 Å². The minimum Gasteiger partial charge on any atom is -0.313 e. The average Bonchev–Trinajstić information content (AvgIpc) is 3.29. The molecule has 0 aliphatic rings. The van der Waals surface area contributed by atoms with Crippen molar-refractivity contribution in [1.82, 2.24) is 14.1 Å². The van der Waals surface area contributed by atoms with E-state index in [0.717, 1.165) is 44.7 Å². The van der Waals surface area contributed by atoms with Gasteiger partial charge in [0.2, 0.25) is 5.95 Å². The van der Waals surface area contributed by atoms with Gasteiger partial charge in [-0.3, -0.25) is 9.56 Å². The predicted octanol–water partition coefficient (Wildman–Crippen LogP) is 5.76. The molecule has 0 atom stereocenters. The van der Waals surface area contributed by atoms with Crippen molar-refractivity contribution in [3.8, 4) is 12.0 Å². The lowest BCUT2D eigenvalue weighted by atomic mass is 10.0. The summed E-state index contributed by atoms with van der Waals surface area (Å²) in [5.41, 5.74) is 6.47. The molecule has 0 saturated heterocycles. The summed E-state index contributed by atoms with van der Waals surface area (Å²) in [6.45, 7) is 4.17. The van der Waals surface area contributed by atoms with E-state index in [9.17, 15) is 5.26 Å². The van der Waals surface area contributed by atoms with Crippen LogP contribution in [0.2, 0.25) is 0 Å². The van der Waals surface area contributed by atoms with Gasteiger partial charge in [-0.15, -0.1) is 0 Å². The zero-order valence-electron chi connectivity index (χ0n) is 17.7. The lowest BCUT2D eigenvalue weighted by molar-refractivity contribution is 0.806. The molecule has 2 aromatic heterocycles. The van der Waals surface area contributed by atoms with Gasteiger partial charge in [0.25, 0.3) is 0 Å². The minimum atomic E-state index is 0.592. The van der Waals surface area contributed by atoms with Crippen molar-refractivity contribution >= 4 is 33.7 Å². The average molecular weight is 403 g/mol. The maximum Gasteiger partial charge on any atom is 0.215 e. The Morgan fingerprint density at radius 3 is 2.52 bits per heavy atom. The standard InChI is InChI=1S/C26H21N5/c1-17-8-9-18(2)31(17)26-29-24-14-19(10-13-25(24)30(26)3)16-28-23-12-11-20-6-4-5-7-21(20)22(23)15-27/h4-14,16H,1-3H3. The smallest absolute Gasteiger partial charge is 0.215 e. The first-order chi connectivity index (χ1) is 15.1. The Labute approximate surface area is 180 Å². The minimum absolute atomic E-state index is 0.592. The van der Waals surface area contributed by atoms with Crippen LogP contribution in [0.25, 0.3) is 27.8 Å². The van der Waals surface area contributed by atoms with Crippen LogP contribution >= 0.6 is 0 Å². The number of fused-ring (bicyclic) bond motifs is 2. The van der Waals surface area contributed by atoms with E-state index >= 15 is 0 Å². The fraction of sp³-hybridized carbons (Fsp3) is 0.115. The number of nitrogens with zero attached hydrogens (tertiary/aromatic N) is 5. The van der Waals surface area contributed by atoms with E-state index in [0.29, 0.717) is 11.3 Å². The molecule has 0 amide bonds. The number of aryl methyl sites for hydroxylation is 3. The topological polar surface area (TPSA) is 58.9 Å². The highest BCUT2D eigenvalue weighted by atomic mass is 15.2. The molecule has 5 aromatic rings. The van der Waals surface area contributed by atoms with Crippen molar-refractivity contribution in [3.63, 3.8) is 0 Å². The van der Waals surface area contributed by atoms with Crippen LogP contribution in [-0.4, -0.2) is 20.3 Å². The zero-order valence-corrected chi connectivity index (χ0v) is 17.7. The number of hydrogen-bond acceptors (Lipinski definition) is 3. The Morgan fingerprint density at radius 1 is 0.968 bits per heavy atom. The Bertz CT molecular complexity index is 1510. The van der Waals surface area contributed by atoms with E-state index in [-0.39, 0.29) is 0 Å². The second-order valence-electron chi connectivity index (χ2n) is 7.72. The molecule has 0 aliphatic carbocycles. The largest absolute Gasteiger partial charge is 0.313 e. The molecule has 0 bridgehead atoms. The summed E-state index contributed by atoms with van der Waals surface area (Å²) in [6.07, 6.45) is 1.80. The predicted molar refractivity (Wildman–Crippen MR) is 125 cm³/mol. The number of rotatable bonds is 3. The van der Waals surface area contributed by atoms with Gasteiger partial charge in [-0.05, 0) is 55.1 Å². The van der Waals surface area contributed by atoms with Crippen LogP contribution in [0.4, 0.5) is 5.69 Å². The summed E-state index contributed by atoms with van der Waals surface area (Å²) in [7, 11) is 2.03. The monoisotopic (exact) mass is 403 g/mol. The highest BCUT2D eigenvalue weighted by molar-refractivity contribution is 5.94. The summed E-state index contributed by atoms with van der Waals surface area (Å²) in [6, 6.07) is 24.4. The van der Waals surface area contributed by atoms with Crippen LogP contribution in [0.5, 0.6) is 0 Å². The summed E-state index contributed by atoms with van der Waals surface area (Å²) in [4.78, 5) is 9.50. The third-order valence-corrected chi connectivity index (χ3v) is 5.72. The first-order valence-electron chi connectivity index (χ1n) is 10.1. The Morgan fingerprint density at radius 2 is 1.74 bits per heavy atom. The molecule has 0 aliphatic heterocycles. The van der Waals surface area contributed by atoms with Gasteiger partial charge in [0, 0.05) is 30.0 Å². The highest BCUT2D eigenvalue weighted by Gasteiger charge is 2.13. The van der Waals surface area contributed by atoms with Gasteiger partial charge in [0.05, 0.1) is 22.3 Å². The maximum absolute atomic E-state index is 9.68. The summed E-state index contributed by atoms with van der Waals surface area (Å²) in [5, 5.41) is 11.6. The number of hydrogen-bond donors (Lipinski definition) is 0. The molecule has 5 rings (SSSR count). The Hall–Kier alpha value is -4.17. The van der Waals surface area contributed by atoms with Crippen molar-refractivity contribution in [2.45, 2.75) is 13.8 Å². The molecular formula is C26H21N5. The molecule has 0 spiro atoms. The van der Waals surface area contributed by atoms with Crippen molar-refractivity contribution in [1.29, 1.82) is 5.26 Å². The second-order valence-corrected chi connectivity index (χ2v) is 7.72. The van der Waals surface area contributed by atoms with Gasteiger partial charge in [-0.1, -0.05) is 36.4 Å². The molecule has 2 heterocycles. The molecule has 5 heteroatoms. The normalized spacial score (nSPS) is 11.5. The molecule has 3 aromatic carbocycles. The van der Waals surface area contributed by atoms with Crippen LogP contribution < -0.4 is 0 Å². The Balaban J connectivity index is 1.56. The zero-order chi connectivity index (χ0) is 21.5. The van der Waals surface area contributed by atoms with Crippen LogP contribution in [0.15, 0.2) is 71.7 Å². The number of benzene rings is 3. The van der Waals surface area contributed by atoms with E-state index in [1.165, 1.54) is 0 Å². The molecule has 150 valence electrons. The molecule has 0 N–H and O–H groups in total. The molecular weight excluding hydrogens is 382 g/mol. The van der Waals surface area contributed by atoms with Crippen molar-refractivity contribution in [3.05, 3.63) is 89.2 Å². The van der Waals surface area contributed by atoms with E-state index in [1.807, 2.05) is 55.6 Å². The van der Waals surface area contributed by atoms with E-state index in [4.69, 9.17) is 4.98 Å². The Kier molecular flexibility index (Phi) is 4.41. The van der Waals surface area contributed by atoms with Gasteiger partial charge in [0.15, 0.2) is 0 Å². The van der Waals surface area contributed by atoms with Crippen molar-refractivity contribution < 1.29 is 0 Å². The molecule has 0 unspecified atom stereocenters. The molecule has 5 nitrogen and oxygen atoms in total. The number of imidazole rings is 1. The highest BCUT2D eigenvalue weighted by Crippen LogP contribution is 2.28. The lowest BCUT2D eigenvalue weighted by Gasteiger charge is -2.08. The first-order valence-corrected chi connectivity index (χ1v) is 10.1. The van der Waals surface area contributed by atoms with Crippen LogP contribution in [-0.2, 0) is 7.05 Å². The summed E-state index contributed by atoms with van der Waals surface area (Å²) in [5.74, 6) is 0.894. The van der Waals surface area contributed by atoms with Crippen LogP contribution in [0.1, 0.15) is 22.5 Å². The molecule has 0 fully saturated rings. The van der Waals surface area contributed by atoms with E-state index in [1.54, 1.807) is 6.21 Å². The number of nitriles is 1. The second kappa shape index (κ2) is 7.26. The number of aliphatic imine (C=N–C) groups is 1. The SMILES string of the molecule is Cc1ccc(C)n1-c1nc2cc(C=Nc3ccc4ccccc4c3C#N)ccc2n1C. The van der Waals surface area contributed by atoms with Crippen molar-refractivity contribution in [2.24, 2.45) is 12.0 Å². The third-order valence-electron chi connectivity index (χ3n) is 5.72. The summed E-state index contributed by atoms with van der Waals surface area (Å²) >= 11 is 0. The van der Waals surface area contributed by atoms with Gasteiger partial charge < -0.3 is 4.57 Å². The third kappa shape index (κ3) is 3.10. The first kappa shape index (κ1) is 18.8. The van der Waals surface area contributed by atoms with Crippen molar-refractivity contribution in [2.75, 3.05) is 0 Å². The molecule has 31 heavy (non-hydrogen) atoms. The fourth-order valence-electron chi connectivity index (χ4n) is 4.10. The number of aromatic nitrogens is 3. The van der Waals surface area contributed by atoms with Gasteiger partial charge in [0.1, 0.15) is 6.07 Å². The maximum atomic E-state index is 9.68. The fourth-order valence-corrected chi connectivity index (χ4v) is 4.10. The molecule has 0 radical (unpaired) electrons. The quantitative estimate of drug-likeness (QED) is 0.360. The van der Waals surface area contributed by atoms with Gasteiger partial charge >= 0.3 is 0 Å². The summed E-state index contributed by atoms with van der Waals surface area (Å²) < 4.78 is 4.26. The molecule has 0 saturated carbocycles. The van der Waals surface area contributed by atoms with Crippen LogP contribution in [0.3, 0.4) is 0 Å². The van der Waals surface area contributed by atoms with Gasteiger partial charge in [-0.2, -0.15) is 5.26 Å². The lowest BCUT2D eigenvalue weighted by Crippen LogP contribution is -2.06. The van der Waals surface area contributed by atoms with E-state index in [2.05, 4.69) is 52.2 Å². The van der Waals surface area contributed by atoms with E-state index < -0.39 is 0 Å². The van der Waals surface area contributed by atoms with Gasteiger partial charge in [-0.25, -0.2) is 4.98 Å².